The summed E-state index contributed by atoms with van der Waals surface area (Å²) in [5.74, 6) is -0.521. The minimum Gasteiger partial charge on any atom is -0.390 e. The molecule has 2 rings (SSSR count). The molecule has 0 saturated heterocycles. The molecular formula is C7H4BrFN2OS. The van der Waals surface area contributed by atoms with E-state index in [4.69, 9.17) is 5.11 Å². The van der Waals surface area contributed by atoms with Crippen LogP contribution in [0.1, 0.15) is 5.69 Å². The summed E-state index contributed by atoms with van der Waals surface area (Å²) >= 11 is 4.49. The summed E-state index contributed by atoms with van der Waals surface area (Å²) < 4.78 is 13.7. The predicted octanol–water partition coefficient (Wildman–Crippen LogP) is 2.09. The Bertz CT molecular complexity index is 459. The van der Waals surface area contributed by atoms with Crippen molar-refractivity contribution in [2.75, 3.05) is 0 Å². The zero-order chi connectivity index (χ0) is 9.42. The van der Waals surface area contributed by atoms with Gasteiger partial charge in [0.2, 0.25) is 0 Å². The molecule has 68 valence electrons. The van der Waals surface area contributed by atoms with Crippen LogP contribution in [0.5, 0.6) is 0 Å². The fourth-order valence-corrected chi connectivity index (χ4v) is 2.28. The number of aliphatic hydroxyl groups excluding tert-OH is 1. The molecule has 6 heteroatoms. The molecule has 0 aliphatic heterocycles. The van der Waals surface area contributed by atoms with E-state index in [9.17, 15) is 4.39 Å². The van der Waals surface area contributed by atoms with Crippen LogP contribution < -0.4 is 0 Å². The lowest BCUT2D eigenvalue weighted by atomic mass is 10.3. The van der Waals surface area contributed by atoms with Gasteiger partial charge in [0.05, 0.1) is 6.61 Å². The summed E-state index contributed by atoms with van der Waals surface area (Å²) in [7, 11) is 0. The third kappa shape index (κ3) is 1.56. The summed E-state index contributed by atoms with van der Waals surface area (Å²) in [5, 5.41) is 8.75. The number of fused-ring (bicyclic) bond motifs is 1. The molecule has 0 spiro atoms. The molecule has 0 aliphatic carbocycles. The average Bonchev–Trinajstić information content (AvgIpc) is 2.42. The van der Waals surface area contributed by atoms with Crippen LogP contribution in [0.25, 0.3) is 10.3 Å². The summed E-state index contributed by atoms with van der Waals surface area (Å²) in [6, 6.07) is 1.27. The van der Waals surface area contributed by atoms with E-state index in [-0.39, 0.29) is 5.69 Å². The van der Waals surface area contributed by atoms with Gasteiger partial charge in [-0.1, -0.05) is 11.3 Å². The number of nitrogens with zero attached hydrogens (tertiary/aromatic N) is 2. The Hall–Kier alpha value is -0.590. The van der Waals surface area contributed by atoms with Crippen LogP contribution in [0.2, 0.25) is 0 Å². The number of rotatable bonds is 1. The molecule has 0 fully saturated rings. The Kier molecular flexibility index (Phi) is 2.27. The number of halogens is 2. The highest BCUT2D eigenvalue weighted by molar-refractivity contribution is 9.11. The van der Waals surface area contributed by atoms with E-state index in [1.54, 1.807) is 0 Å². The van der Waals surface area contributed by atoms with Crippen molar-refractivity contribution in [3.05, 3.63) is 21.5 Å². The van der Waals surface area contributed by atoms with E-state index in [0.717, 1.165) is 0 Å². The molecule has 2 heterocycles. The second kappa shape index (κ2) is 3.28. The Morgan fingerprint density at radius 2 is 2.31 bits per heavy atom. The number of hydrogen-bond acceptors (Lipinski definition) is 4. The summed E-state index contributed by atoms with van der Waals surface area (Å²) in [6.07, 6.45) is 0. The van der Waals surface area contributed by atoms with Crippen molar-refractivity contribution in [1.29, 1.82) is 0 Å². The third-order valence-electron chi connectivity index (χ3n) is 1.53. The molecule has 1 N–H and O–H groups in total. The van der Waals surface area contributed by atoms with Gasteiger partial charge in [0.25, 0.3) is 0 Å². The molecule has 0 aliphatic rings. The van der Waals surface area contributed by atoms with E-state index in [1.807, 2.05) is 0 Å². The summed E-state index contributed by atoms with van der Waals surface area (Å²) in [5.41, 5.74) is 0.565. The fraction of sp³-hybridized carbons (Fsp3) is 0.143. The second-order valence-electron chi connectivity index (χ2n) is 2.37. The Morgan fingerprint density at radius 1 is 1.54 bits per heavy atom. The van der Waals surface area contributed by atoms with Crippen molar-refractivity contribution in [1.82, 2.24) is 9.97 Å². The lowest BCUT2D eigenvalue weighted by Gasteiger charge is -1.95. The van der Waals surface area contributed by atoms with Gasteiger partial charge in [-0.2, -0.15) is 0 Å². The minimum atomic E-state index is -0.521. The molecule has 0 bridgehead atoms. The smallest absolute Gasteiger partial charge is 0.161 e. The van der Waals surface area contributed by atoms with Gasteiger partial charge in [0.1, 0.15) is 21.9 Å². The highest BCUT2D eigenvalue weighted by Crippen LogP contribution is 2.25. The molecule has 0 atom stereocenters. The summed E-state index contributed by atoms with van der Waals surface area (Å²) in [4.78, 5) is 8.54. The first-order valence-corrected chi connectivity index (χ1v) is 5.04. The van der Waals surface area contributed by atoms with E-state index in [2.05, 4.69) is 25.9 Å². The van der Waals surface area contributed by atoms with Crippen molar-refractivity contribution >= 4 is 37.6 Å². The second-order valence-corrected chi connectivity index (χ2v) is 4.62. The molecule has 0 unspecified atom stereocenters. The zero-order valence-corrected chi connectivity index (χ0v) is 8.69. The van der Waals surface area contributed by atoms with Gasteiger partial charge in [0.15, 0.2) is 3.92 Å². The van der Waals surface area contributed by atoms with Crippen LogP contribution in [0.4, 0.5) is 4.39 Å². The number of thiazole rings is 1. The maximum Gasteiger partial charge on any atom is 0.161 e. The highest BCUT2D eigenvalue weighted by atomic mass is 79.9. The molecule has 3 nitrogen and oxygen atoms in total. The standard InChI is InChI=1S/C7H4BrFN2OS/c8-7-11-4-1-3(9)5(2-12)10-6(4)13-7/h1,12H,2H2. The maximum absolute atomic E-state index is 13.1. The van der Waals surface area contributed by atoms with Crippen LogP contribution in [0, 0.1) is 5.82 Å². The van der Waals surface area contributed by atoms with Gasteiger partial charge in [0, 0.05) is 6.07 Å². The quantitative estimate of drug-likeness (QED) is 0.856. The van der Waals surface area contributed by atoms with Gasteiger partial charge >= 0.3 is 0 Å². The predicted molar refractivity (Wildman–Crippen MR) is 51.0 cm³/mol. The lowest BCUT2D eigenvalue weighted by molar-refractivity contribution is 0.270. The van der Waals surface area contributed by atoms with Crippen molar-refractivity contribution in [2.45, 2.75) is 6.61 Å². The third-order valence-corrected chi connectivity index (χ3v) is 2.95. The highest BCUT2D eigenvalue weighted by Gasteiger charge is 2.08. The van der Waals surface area contributed by atoms with Crippen LogP contribution in [-0.2, 0) is 6.61 Å². The number of hydrogen-bond donors (Lipinski definition) is 1. The molecular weight excluding hydrogens is 259 g/mol. The molecule has 13 heavy (non-hydrogen) atoms. The largest absolute Gasteiger partial charge is 0.390 e. The first-order valence-electron chi connectivity index (χ1n) is 3.43. The van der Waals surface area contributed by atoms with Crippen LogP contribution in [0.15, 0.2) is 9.98 Å². The van der Waals surface area contributed by atoms with Crippen molar-refractivity contribution in [3.8, 4) is 0 Å². The van der Waals surface area contributed by atoms with Crippen LogP contribution in [0.3, 0.4) is 0 Å². The molecule has 0 radical (unpaired) electrons. The minimum absolute atomic E-state index is 0.0589. The van der Waals surface area contributed by atoms with Crippen molar-refractivity contribution in [2.24, 2.45) is 0 Å². The topological polar surface area (TPSA) is 46.0 Å². The van der Waals surface area contributed by atoms with E-state index in [0.29, 0.717) is 14.3 Å². The first-order chi connectivity index (χ1) is 6.20. The molecule has 2 aromatic rings. The molecule has 0 aromatic carbocycles. The van der Waals surface area contributed by atoms with Crippen molar-refractivity contribution < 1.29 is 9.50 Å². The van der Waals surface area contributed by atoms with Crippen LogP contribution >= 0.6 is 27.3 Å². The Morgan fingerprint density at radius 3 is 3.00 bits per heavy atom. The van der Waals surface area contributed by atoms with Gasteiger partial charge in [-0.3, -0.25) is 0 Å². The van der Waals surface area contributed by atoms with Gasteiger partial charge < -0.3 is 5.11 Å². The van der Waals surface area contributed by atoms with Crippen molar-refractivity contribution in [3.63, 3.8) is 0 Å². The Labute approximate surface area is 85.4 Å². The SMILES string of the molecule is OCc1nc2sc(Br)nc2cc1F. The molecule has 0 amide bonds. The van der Waals surface area contributed by atoms with E-state index in [1.165, 1.54) is 17.4 Å². The van der Waals surface area contributed by atoms with E-state index >= 15 is 0 Å². The normalized spacial score (nSPS) is 11.0. The lowest BCUT2D eigenvalue weighted by Crippen LogP contribution is -1.93. The zero-order valence-electron chi connectivity index (χ0n) is 6.29. The molecule has 0 saturated carbocycles. The fourth-order valence-electron chi connectivity index (χ4n) is 0.962. The summed E-state index contributed by atoms with van der Waals surface area (Å²) in [6.45, 7) is -0.392. The Balaban J connectivity index is 2.72. The van der Waals surface area contributed by atoms with Gasteiger partial charge in [-0.05, 0) is 15.9 Å². The maximum atomic E-state index is 13.1. The average molecular weight is 263 g/mol. The van der Waals surface area contributed by atoms with Gasteiger partial charge in [-0.25, -0.2) is 14.4 Å². The molecule has 2 aromatic heterocycles. The monoisotopic (exact) mass is 262 g/mol. The van der Waals surface area contributed by atoms with Gasteiger partial charge in [-0.15, -0.1) is 0 Å². The first kappa shape index (κ1) is 8.98. The number of aliphatic hydroxyl groups is 1. The number of aromatic nitrogens is 2. The van der Waals surface area contributed by atoms with Crippen LogP contribution in [-0.4, -0.2) is 15.1 Å². The van der Waals surface area contributed by atoms with E-state index < -0.39 is 12.4 Å². The number of pyridine rings is 1.